The van der Waals surface area contributed by atoms with Gasteiger partial charge in [-0.25, -0.2) is 0 Å². The molecule has 1 saturated heterocycles. The maximum atomic E-state index is 12.0. The molecule has 1 aliphatic rings. The number of para-hydroxylation sites is 2. The Balaban J connectivity index is 1.91. The van der Waals surface area contributed by atoms with E-state index in [1.165, 1.54) is 5.69 Å². The smallest absolute Gasteiger partial charge is 0.224 e. The summed E-state index contributed by atoms with van der Waals surface area (Å²) in [5, 5.41) is 3.41. The summed E-state index contributed by atoms with van der Waals surface area (Å²) in [4.78, 5) is 16.2. The third-order valence-corrected chi connectivity index (χ3v) is 4.03. The first-order valence-electron chi connectivity index (χ1n) is 8.19. The third kappa shape index (κ3) is 4.37. The Morgan fingerprint density at radius 2 is 1.91 bits per heavy atom. The molecule has 1 aliphatic heterocycles. The topological polar surface area (TPSA) is 44.8 Å². The van der Waals surface area contributed by atoms with Crippen LogP contribution in [0.5, 0.6) is 0 Å². The van der Waals surface area contributed by atoms with Gasteiger partial charge in [0.2, 0.25) is 5.91 Å². The van der Waals surface area contributed by atoms with Crippen LogP contribution in [-0.2, 0) is 9.53 Å². The molecule has 0 radical (unpaired) electrons. The summed E-state index contributed by atoms with van der Waals surface area (Å²) in [5.41, 5.74) is 2.29. The van der Waals surface area contributed by atoms with Gasteiger partial charge in [0.05, 0.1) is 24.6 Å². The monoisotopic (exact) mass is 305 g/mol. The van der Waals surface area contributed by atoms with Crippen molar-refractivity contribution in [2.45, 2.75) is 20.3 Å². The number of anilines is 2. The summed E-state index contributed by atoms with van der Waals surface area (Å²) in [6.45, 7) is 9.62. The lowest BCUT2D eigenvalue weighted by molar-refractivity contribution is -0.130. The molecule has 0 aromatic heterocycles. The fraction of sp³-hybridized carbons (Fsp3) is 0.588. The SMILES string of the molecule is CCN(CC)C(=O)CCNc1ccccc1N1CCOCC1. The van der Waals surface area contributed by atoms with Crippen LogP contribution in [0, 0.1) is 0 Å². The average molecular weight is 305 g/mol. The van der Waals surface area contributed by atoms with Crippen molar-refractivity contribution in [3.63, 3.8) is 0 Å². The van der Waals surface area contributed by atoms with Crippen LogP contribution < -0.4 is 10.2 Å². The van der Waals surface area contributed by atoms with Crippen LogP contribution in [-0.4, -0.2) is 56.7 Å². The number of ether oxygens (including phenoxy) is 1. The van der Waals surface area contributed by atoms with Gasteiger partial charge in [-0.2, -0.15) is 0 Å². The van der Waals surface area contributed by atoms with E-state index in [1.807, 2.05) is 24.8 Å². The molecule has 0 atom stereocenters. The van der Waals surface area contributed by atoms with E-state index in [4.69, 9.17) is 4.74 Å². The molecule has 5 nitrogen and oxygen atoms in total. The Morgan fingerprint density at radius 3 is 2.59 bits per heavy atom. The summed E-state index contributed by atoms with van der Waals surface area (Å²) in [6, 6.07) is 8.28. The normalized spacial score (nSPS) is 14.7. The van der Waals surface area contributed by atoms with Crippen LogP contribution in [0.4, 0.5) is 11.4 Å². The average Bonchev–Trinajstić information content (AvgIpc) is 2.57. The van der Waals surface area contributed by atoms with E-state index in [0.29, 0.717) is 13.0 Å². The number of benzene rings is 1. The van der Waals surface area contributed by atoms with Crippen molar-refractivity contribution < 1.29 is 9.53 Å². The van der Waals surface area contributed by atoms with E-state index in [1.54, 1.807) is 0 Å². The Morgan fingerprint density at radius 1 is 1.23 bits per heavy atom. The maximum absolute atomic E-state index is 12.0. The van der Waals surface area contributed by atoms with Crippen LogP contribution in [0.3, 0.4) is 0 Å². The highest BCUT2D eigenvalue weighted by molar-refractivity contribution is 5.77. The van der Waals surface area contributed by atoms with E-state index in [-0.39, 0.29) is 5.91 Å². The van der Waals surface area contributed by atoms with Crippen molar-refractivity contribution in [3.8, 4) is 0 Å². The molecule has 1 fully saturated rings. The van der Waals surface area contributed by atoms with Gasteiger partial charge in [-0.05, 0) is 26.0 Å². The molecule has 0 unspecified atom stereocenters. The molecule has 0 bridgehead atoms. The number of morpholine rings is 1. The Bertz CT molecular complexity index is 469. The number of carbonyl (C=O) groups is 1. The number of nitrogens with zero attached hydrogens (tertiary/aromatic N) is 2. The molecule has 0 spiro atoms. The van der Waals surface area contributed by atoms with Crippen LogP contribution in [0.1, 0.15) is 20.3 Å². The van der Waals surface area contributed by atoms with E-state index in [2.05, 4.69) is 28.4 Å². The lowest BCUT2D eigenvalue weighted by Crippen LogP contribution is -2.36. The van der Waals surface area contributed by atoms with Crippen molar-refractivity contribution >= 4 is 17.3 Å². The molecule has 1 amide bonds. The second kappa shape index (κ2) is 8.63. The second-order valence-electron chi connectivity index (χ2n) is 5.36. The third-order valence-electron chi connectivity index (χ3n) is 4.03. The minimum absolute atomic E-state index is 0.210. The lowest BCUT2D eigenvalue weighted by atomic mass is 10.2. The zero-order valence-corrected chi connectivity index (χ0v) is 13.7. The summed E-state index contributed by atoms with van der Waals surface area (Å²) in [5.74, 6) is 0.210. The van der Waals surface area contributed by atoms with Gasteiger partial charge < -0.3 is 19.9 Å². The molecular weight excluding hydrogens is 278 g/mol. The highest BCUT2D eigenvalue weighted by Gasteiger charge is 2.14. The van der Waals surface area contributed by atoms with Crippen molar-refractivity contribution in [2.24, 2.45) is 0 Å². The zero-order chi connectivity index (χ0) is 15.8. The predicted molar refractivity (Wildman–Crippen MR) is 90.5 cm³/mol. The van der Waals surface area contributed by atoms with Crippen molar-refractivity contribution in [1.29, 1.82) is 0 Å². The minimum Gasteiger partial charge on any atom is -0.383 e. The Labute approximate surface area is 133 Å². The predicted octanol–water partition coefficient (Wildman–Crippen LogP) is 2.19. The summed E-state index contributed by atoms with van der Waals surface area (Å²) < 4.78 is 5.41. The van der Waals surface area contributed by atoms with Crippen molar-refractivity contribution in [2.75, 3.05) is 56.2 Å². The Hall–Kier alpha value is -1.75. The fourth-order valence-electron chi connectivity index (χ4n) is 2.74. The molecule has 2 rings (SSSR count). The molecule has 1 aromatic carbocycles. The van der Waals surface area contributed by atoms with Crippen LogP contribution in [0.25, 0.3) is 0 Å². The van der Waals surface area contributed by atoms with Gasteiger partial charge in [0.25, 0.3) is 0 Å². The van der Waals surface area contributed by atoms with Gasteiger partial charge in [-0.3, -0.25) is 4.79 Å². The summed E-state index contributed by atoms with van der Waals surface area (Å²) in [7, 11) is 0. The van der Waals surface area contributed by atoms with Gasteiger partial charge in [0.1, 0.15) is 0 Å². The number of nitrogens with one attached hydrogen (secondary N) is 1. The van der Waals surface area contributed by atoms with Crippen LogP contribution in [0.15, 0.2) is 24.3 Å². The Kier molecular flexibility index (Phi) is 6.52. The standard InChI is InChI=1S/C17H27N3O2/c1-3-19(4-2)17(21)9-10-18-15-7-5-6-8-16(15)20-11-13-22-14-12-20/h5-8,18H,3-4,9-14H2,1-2H3. The number of rotatable bonds is 7. The van der Waals surface area contributed by atoms with Gasteiger partial charge >= 0.3 is 0 Å². The van der Waals surface area contributed by atoms with Gasteiger partial charge in [-0.1, -0.05) is 12.1 Å². The number of amides is 1. The van der Waals surface area contributed by atoms with Crippen LogP contribution in [0.2, 0.25) is 0 Å². The number of hydrogen-bond acceptors (Lipinski definition) is 4. The largest absolute Gasteiger partial charge is 0.383 e. The molecule has 1 aromatic rings. The zero-order valence-electron chi connectivity index (χ0n) is 13.7. The fourth-order valence-corrected chi connectivity index (χ4v) is 2.74. The molecule has 1 N–H and O–H groups in total. The molecule has 122 valence electrons. The van der Waals surface area contributed by atoms with Crippen molar-refractivity contribution in [3.05, 3.63) is 24.3 Å². The van der Waals surface area contributed by atoms with Crippen molar-refractivity contribution in [1.82, 2.24) is 4.90 Å². The highest BCUT2D eigenvalue weighted by atomic mass is 16.5. The summed E-state index contributed by atoms with van der Waals surface area (Å²) >= 11 is 0. The number of carbonyl (C=O) groups excluding carboxylic acids is 1. The quantitative estimate of drug-likeness (QED) is 0.839. The molecule has 22 heavy (non-hydrogen) atoms. The van der Waals surface area contributed by atoms with Gasteiger partial charge in [0.15, 0.2) is 0 Å². The first kappa shape index (κ1) is 16.6. The first-order chi connectivity index (χ1) is 10.8. The summed E-state index contributed by atoms with van der Waals surface area (Å²) in [6.07, 6.45) is 0.527. The molecule has 1 heterocycles. The highest BCUT2D eigenvalue weighted by Crippen LogP contribution is 2.26. The van der Waals surface area contributed by atoms with Gasteiger partial charge in [0, 0.05) is 39.1 Å². The van der Waals surface area contributed by atoms with E-state index in [0.717, 1.165) is 45.1 Å². The van der Waals surface area contributed by atoms with Gasteiger partial charge in [-0.15, -0.1) is 0 Å². The first-order valence-corrected chi connectivity index (χ1v) is 8.19. The number of hydrogen-bond donors (Lipinski definition) is 1. The van der Waals surface area contributed by atoms with E-state index in [9.17, 15) is 4.79 Å². The molecule has 5 heteroatoms. The second-order valence-corrected chi connectivity index (χ2v) is 5.36. The van der Waals surface area contributed by atoms with E-state index < -0.39 is 0 Å². The maximum Gasteiger partial charge on any atom is 0.224 e. The molecule has 0 aliphatic carbocycles. The lowest BCUT2D eigenvalue weighted by Gasteiger charge is -2.30. The minimum atomic E-state index is 0.210. The van der Waals surface area contributed by atoms with E-state index >= 15 is 0 Å². The molecular formula is C17H27N3O2. The van der Waals surface area contributed by atoms with Crippen LogP contribution >= 0.6 is 0 Å². The molecule has 0 saturated carbocycles.